The molecule has 0 saturated carbocycles. The number of aryl methyl sites for hydroxylation is 1. The molecule has 1 aromatic heterocycles. The van der Waals surface area contributed by atoms with Crippen molar-refractivity contribution in [2.24, 2.45) is 0 Å². The molecule has 4 rings (SSSR count). The molecule has 1 amide bonds. The number of hydrogen-bond donors (Lipinski definition) is 1. The van der Waals surface area contributed by atoms with Gasteiger partial charge in [-0.15, -0.1) is 0 Å². The van der Waals surface area contributed by atoms with Crippen molar-refractivity contribution < 1.29 is 14.3 Å². The molecule has 25 heavy (non-hydrogen) atoms. The Morgan fingerprint density at radius 2 is 2.08 bits per heavy atom. The van der Waals surface area contributed by atoms with Gasteiger partial charge in [0.05, 0.1) is 12.1 Å². The lowest BCUT2D eigenvalue weighted by Gasteiger charge is -2.27. The molecule has 1 aromatic carbocycles. The summed E-state index contributed by atoms with van der Waals surface area (Å²) >= 11 is 6.33. The topological polar surface area (TPSA) is 67.5 Å². The number of rotatable bonds is 3. The molecule has 2 aliphatic rings. The maximum absolute atomic E-state index is 12.8. The molecule has 6 nitrogen and oxygen atoms in total. The summed E-state index contributed by atoms with van der Waals surface area (Å²) in [7, 11) is 0. The molecule has 0 radical (unpaired) electrons. The van der Waals surface area contributed by atoms with Crippen molar-refractivity contribution in [3.63, 3.8) is 0 Å². The number of benzene rings is 1. The molecular formula is C18H20ClN3O3. The van der Waals surface area contributed by atoms with Crippen molar-refractivity contribution in [2.75, 3.05) is 19.8 Å². The third-order valence-corrected chi connectivity index (χ3v) is 5.11. The minimum atomic E-state index is 0.0625. The molecule has 0 fully saturated rings. The van der Waals surface area contributed by atoms with E-state index in [1.165, 1.54) is 0 Å². The van der Waals surface area contributed by atoms with Gasteiger partial charge < -0.3 is 14.4 Å². The third-order valence-electron chi connectivity index (χ3n) is 4.76. The minimum absolute atomic E-state index is 0.0625. The number of carbonyl (C=O) groups is 1. The van der Waals surface area contributed by atoms with Gasteiger partial charge in [0.15, 0.2) is 11.5 Å². The SMILES string of the molecule is CCc1n[nH]c2c1CN(C(=O)Cc1cc3c(cc1Cl)OCCO3)CC2. The number of fused-ring (bicyclic) bond motifs is 2. The van der Waals surface area contributed by atoms with Gasteiger partial charge in [-0.2, -0.15) is 5.10 Å². The Labute approximate surface area is 151 Å². The number of H-pyrrole nitrogens is 1. The van der Waals surface area contributed by atoms with E-state index in [0.717, 1.165) is 35.4 Å². The maximum Gasteiger partial charge on any atom is 0.227 e. The number of carbonyl (C=O) groups excluding carboxylic acids is 1. The molecule has 0 atom stereocenters. The first kappa shape index (κ1) is 16.3. The number of aromatic nitrogens is 2. The van der Waals surface area contributed by atoms with Gasteiger partial charge >= 0.3 is 0 Å². The van der Waals surface area contributed by atoms with Crippen molar-refractivity contribution in [2.45, 2.75) is 32.7 Å². The Hall–Kier alpha value is -2.21. The molecule has 0 unspecified atom stereocenters. The van der Waals surface area contributed by atoms with Gasteiger partial charge in [0.2, 0.25) is 5.91 Å². The van der Waals surface area contributed by atoms with E-state index in [4.69, 9.17) is 21.1 Å². The fourth-order valence-corrected chi connectivity index (χ4v) is 3.60. The highest BCUT2D eigenvalue weighted by Crippen LogP contribution is 2.35. The molecule has 0 saturated heterocycles. The van der Waals surface area contributed by atoms with E-state index in [1.54, 1.807) is 6.07 Å². The molecule has 132 valence electrons. The van der Waals surface area contributed by atoms with Crippen molar-refractivity contribution >= 4 is 17.5 Å². The monoisotopic (exact) mass is 361 g/mol. The first-order chi connectivity index (χ1) is 12.2. The van der Waals surface area contributed by atoms with E-state index >= 15 is 0 Å². The largest absolute Gasteiger partial charge is 0.486 e. The van der Waals surface area contributed by atoms with Crippen molar-refractivity contribution in [3.05, 3.63) is 39.7 Å². The van der Waals surface area contributed by atoms with Crippen LogP contribution in [0.1, 0.15) is 29.4 Å². The molecular weight excluding hydrogens is 342 g/mol. The zero-order chi connectivity index (χ0) is 17.4. The minimum Gasteiger partial charge on any atom is -0.486 e. The van der Waals surface area contributed by atoms with E-state index in [9.17, 15) is 4.79 Å². The first-order valence-electron chi connectivity index (χ1n) is 8.56. The van der Waals surface area contributed by atoms with Crippen molar-refractivity contribution in [1.29, 1.82) is 0 Å². The Bertz CT molecular complexity index is 805. The predicted molar refractivity (Wildman–Crippen MR) is 93.2 cm³/mol. The van der Waals surface area contributed by atoms with Crippen LogP contribution < -0.4 is 9.47 Å². The Balaban J connectivity index is 1.51. The fourth-order valence-electron chi connectivity index (χ4n) is 3.38. The van der Waals surface area contributed by atoms with Gasteiger partial charge in [-0.05, 0) is 18.1 Å². The second-order valence-electron chi connectivity index (χ2n) is 6.31. The Kier molecular flexibility index (Phi) is 4.29. The van der Waals surface area contributed by atoms with Crippen LogP contribution in [0.4, 0.5) is 0 Å². The number of nitrogens with zero attached hydrogens (tertiary/aromatic N) is 2. The van der Waals surface area contributed by atoms with Gasteiger partial charge in [-0.25, -0.2) is 0 Å². The molecule has 3 heterocycles. The smallest absolute Gasteiger partial charge is 0.227 e. The van der Waals surface area contributed by atoms with Gasteiger partial charge in [0, 0.05) is 41.9 Å². The zero-order valence-electron chi connectivity index (χ0n) is 14.1. The van der Waals surface area contributed by atoms with E-state index < -0.39 is 0 Å². The quantitative estimate of drug-likeness (QED) is 0.912. The molecule has 7 heteroatoms. The fraction of sp³-hybridized carbons (Fsp3) is 0.444. The summed E-state index contributed by atoms with van der Waals surface area (Å²) in [6.45, 7) is 4.40. The standard InChI is InChI=1S/C18H20ClN3O3/c1-2-14-12-10-22(4-3-15(12)21-20-14)18(23)8-11-7-16-17(9-13(11)19)25-6-5-24-16/h7,9H,2-6,8,10H2,1H3,(H,20,21). The van der Waals surface area contributed by atoms with E-state index in [0.29, 0.717) is 42.8 Å². The number of nitrogens with one attached hydrogen (secondary N) is 1. The van der Waals surface area contributed by atoms with Crippen LogP contribution in [0.5, 0.6) is 11.5 Å². The molecule has 0 spiro atoms. The Morgan fingerprint density at radius 3 is 2.84 bits per heavy atom. The lowest BCUT2D eigenvalue weighted by atomic mass is 10.0. The first-order valence-corrected chi connectivity index (χ1v) is 8.94. The summed E-state index contributed by atoms with van der Waals surface area (Å²) in [6, 6.07) is 3.55. The molecule has 2 aromatic rings. The predicted octanol–water partition coefficient (Wildman–Crippen LogP) is 2.52. The molecule has 2 aliphatic heterocycles. The number of halogens is 1. The number of aromatic amines is 1. The van der Waals surface area contributed by atoms with Crippen LogP contribution in [0.15, 0.2) is 12.1 Å². The van der Waals surface area contributed by atoms with Gasteiger partial charge in [0.25, 0.3) is 0 Å². The number of hydrogen-bond acceptors (Lipinski definition) is 4. The lowest BCUT2D eigenvalue weighted by Crippen LogP contribution is -2.37. The summed E-state index contributed by atoms with van der Waals surface area (Å²) < 4.78 is 11.1. The van der Waals surface area contributed by atoms with E-state index in [1.807, 2.05) is 11.0 Å². The van der Waals surface area contributed by atoms with Crippen LogP contribution in [0.2, 0.25) is 5.02 Å². The van der Waals surface area contributed by atoms with Crippen LogP contribution >= 0.6 is 11.6 Å². The van der Waals surface area contributed by atoms with E-state index in [-0.39, 0.29) is 12.3 Å². The normalized spacial score (nSPS) is 15.8. The van der Waals surface area contributed by atoms with E-state index in [2.05, 4.69) is 17.1 Å². The summed E-state index contributed by atoms with van der Waals surface area (Å²) in [4.78, 5) is 14.7. The van der Waals surface area contributed by atoms with Crippen LogP contribution in [0.25, 0.3) is 0 Å². The highest BCUT2D eigenvalue weighted by Gasteiger charge is 2.25. The highest BCUT2D eigenvalue weighted by atomic mass is 35.5. The summed E-state index contributed by atoms with van der Waals surface area (Å²) in [5.41, 5.74) is 4.13. The van der Waals surface area contributed by atoms with Gasteiger partial charge in [0.1, 0.15) is 13.2 Å². The highest BCUT2D eigenvalue weighted by molar-refractivity contribution is 6.31. The van der Waals surface area contributed by atoms with Crippen LogP contribution in [0.3, 0.4) is 0 Å². The van der Waals surface area contributed by atoms with Crippen LogP contribution in [0, 0.1) is 0 Å². The average molecular weight is 362 g/mol. The number of ether oxygens (including phenoxy) is 2. The lowest BCUT2D eigenvalue weighted by molar-refractivity contribution is -0.131. The second kappa shape index (κ2) is 6.59. The molecule has 0 bridgehead atoms. The maximum atomic E-state index is 12.8. The third kappa shape index (κ3) is 3.06. The summed E-state index contributed by atoms with van der Waals surface area (Å²) in [6.07, 6.45) is 1.93. The summed E-state index contributed by atoms with van der Waals surface area (Å²) in [5, 5.41) is 7.97. The van der Waals surface area contributed by atoms with Crippen molar-refractivity contribution in [1.82, 2.24) is 15.1 Å². The van der Waals surface area contributed by atoms with Crippen LogP contribution in [-0.4, -0.2) is 40.8 Å². The van der Waals surface area contributed by atoms with Crippen LogP contribution in [-0.2, 0) is 30.6 Å². The molecule has 1 N–H and O–H groups in total. The van der Waals surface area contributed by atoms with Gasteiger partial charge in [-0.3, -0.25) is 9.89 Å². The number of amides is 1. The zero-order valence-corrected chi connectivity index (χ0v) is 14.9. The summed E-state index contributed by atoms with van der Waals surface area (Å²) in [5.74, 6) is 1.36. The Morgan fingerprint density at radius 1 is 1.32 bits per heavy atom. The second-order valence-corrected chi connectivity index (χ2v) is 6.72. The molecule has 0 aliphatic carbocycles. The van der Waals surface area contributed by atoms with Crippen molar-refractivity contribution in [3.8, 4) is 11.5 Å². The average Bonchev–Trinajstić information content (AvgIpc) is 3.04. The van der Waals surface area contributed by atoms with Gasteiger partial charge in [-0.1, -0.05) is 18.5 Å².